The smallest absolute Gasteiger partial charge is 0.332 e. The summed E-state index contributed by atoms with van der Waals surface area (Å²) in [6.07, 6.45) is 2.06. The molecule has 0 spiro atoms. The molecular formula is C22H21N5O2S2. The van der Waals surface area contributed by atoms with Gasteiger partial charge in [-0.25, -0.2) is 9.78 Å². The van der Waals surface area contributed by atoms with Crippen LogP contribution in [0.25, 0.3) is 22.3 Å². The molecule has 0 radical (unpaired) electrons. The lowest BCUT2D eigenvalue weighted by atomic mass is 10.1. The highest BCUT2D eigenvalue weighted by molar-refractivity contribution is 7.80. The van der Waals surface area contributed by atoms with Crippen LogP contribution in [0.1, 0.15) is 24.6 Å². The number of aromatic nitrogens is 4. The van der Waals surface area contributed by atoms with Gasteiger partial charge >= 0.3 is 5.69 Å². The number of nitrogens with one attached hydrogen (secondary N) is 1. The van der Waals surface area contributed by atoms with Crippen molar-refractivity contribution in [3.8, 4) is 11.1 Å². The number of thiophene rings is 1. The number of fused-ring (bicyclic) bond motifs is 1. The van der Waals surface area contributed by atoms with Crippen LogP contribution in [0.5, 0.6) is 0 Å². The molecule has 158 valence electrons. The zero-order valence-corrected chi connectivity index (χ0v) is 18.8. The van der Waals surface area contributed by atoms with Crippen LogP contribution < -0.4 is 16.6 Å². The average Bonchev–Trinajstić information content (AvgIpc) is 3.32. The van der Waals surface area contributed by atoms with Crippen LogP contribution in [0.3, 0.4) is 0 Å². The largest absolute Gasteiger partial charge is 0.349 e. The van der Waals surface area contributed by atoms with E-state index >= 15 is 0 Å². The quantitative estimate of drug-likeness (QED) is 0.470. The number of imidazole rings is 1. The third-order valence-electron chi connectivity index (χ3n) is 5.64. The van der Waals surface area contributed by atoms with E-state index in [9.17, 15) is 9.59 Å². The molecule has 0 aliphatic heterocycles. The zero-order chi connectivity index (χ0) is 21.7. The molecule has 4 aromatic rings. The Morgan fingerprint density at radius 1 is 1.13 bits per heavy atom. The monoisotopic (exact) mass is 451 g/mol. The van der Waals surface area contributed by atoms with Gasteiger partial charge in [0.15, 0.2) is 11.2 Å². The summed E-state index contributed by atoms with van der Waals surface area (Å²) in [5.41, 5.74) is 3.35. The molecule has 7 nitrogen and oxygen atoms in total. The summed E-state index contributed by atoms with van der Waals surface area (Å²) in [7, 11) is 3.13. The van der Waals surface area contributed by atoms with E-state index in [-0.39, 0.29) is 11.2 Å². The number of anilines is 1. The van der Waals surface area contributed by atoms with Gasteiger partial charge in [-0.15, -0.1) is 0 Å². The van der Waals surface area contributed by atoms with Crippen molar-refractivity contribution >= 4 is 45.4 Å². The fraction of sp³-hybridized carbons (Fsp3) is 0.273. The minimum absolute atomic E-state index is 0.305. The van der Waals surface area contributed by atoms with Gasteiger partial charge in [-0.1, -0.05) is 24.4 Å². The fourth-order valence-corrected chi connectivity index (χ4v) is 4.71. The minimum Gasteiger partial charge on any atom is -0.349 e. The fourth-order valence-electron chi connectivity index (χ4n) is 3.80. The first-order valence-corrected chi connectivity index (χ1v) is 11.4. The highest BCUT2D eigenvalue weighted by Gasteiger charge is 2.31. The maximum absolute atomic E-state index is 12.9. The van der Waals surface area contributed by atoms with Gasteiger partial charge in [0.2, 0.25) is 0 Å². The van der Waals surface area contributed by atoms with Gasteiger partial charge in [-0.2, -0.15) is 11.3 Å². The second-order valence-corrected chi connectivity index (χ2v) is 9.12. The Hall–Kier alpha value is -3.04. The SMILES string of the molecule is Cn1c(=O)c2c(nc(C3CC3)n2CC(=S)Nc2ccc(-c3ccsc3)cc2)n(C)c1=O. The van der Waals surface area contributed by atoms with E-state index in [0.29, 0.717) is 28.6 Å². The summed E-state index contributed by atoms with van der Waals surface area (Å²) in [6.45, 7) is 0.331. The number of benzene rings is 1. The molecule has 0 saturated heterocycles. The molecule has 3 heterocycles. The van der Waals surface area contributed by atoms with Crippen molar-refractivity contribution in [2.24, 2.45) is 14.1 Å². The lowest BCUT2D eigenvalue weighted by molar-refractivity contribution is 0.704. The highest BCUT2D eigenvalue weighted by Crippen LogP contribution is 2.40. The van der Waals surface area contributed by atoms with Crippen molar-refractivity contribution in [1.29, 1.82) is 0 Å². The van der Waals surface area contributed by atoms with E-state index in [0.717, 1.165) is 34.5 Å². The van der Waals surface area contributed by atoms with E-state index in [1.165, 1.54) is 17.2 Å². The van der Waals surface area contributed by atoms with E-state index < -0.39 is 0 Å². The summed E-state index contributed by atoms with van der Waals surface area (Å²) in [5.74, 6) is 1.13. The molecule has 5 rings (SSSR count). The number of aryl methyl sites for hydroxylation is 1. The predicted octanol–water partition coefficient (Wildman–Crippen LogP) is 3.48. The number of hydrogen-bond donors (Lipinski definition) is 1. The second kappa shape index (κ2) is 7.58. The normalized spacial score (nSPS) is 13.6. The van der Waals surface area contributed by atoms with Crippen LogP contribution in [0.4, 0.5) is 5.69 Å². The van der Waals surface area contributed by atoms with Crippen molar-refractivity contribution in [2.75, 3.05) is 5.32 Å². The van der Waals surface area contributed by atoms with Gasteiger partial charge in [0.05, 0.1) is 11.5 Å². The molecule has 1 aromatic carbocycles. The Balaban J connectivity index is 1.46. The Morgan fingerprint density at radius 2 is 1.87 bits per heavy atom. The van der Waals surface area contributed by atoms with Crippen LogP contribution in [-0.2, 0) is 20.6 Å². The third kappa shape index (κ3) is 3.53. The standard InChI is InChI=1S/C22H21N5O2S2/c1-25-20-18(21(28)26(2)22(25)29)27(19(24-20)14-3-4-14)11-17(30)23-16-7-5-13(6-8-16)15-9-10-31-12-15/h5-10,12,14H,3-4,11H2,1-2H3,(H,23,30). The van der Waals surface area contributed by atoms with Crippen LogP contribution >= 0.6 is 23.6 Å². The number of rotatable bonds is 5. The molecule has 1 saturated carbocycles. The third-order valence-corrected chi connectivity index (χ3v) is 6.56. The maximum Gasteiger partial charge on any atom is 0.332 e. The van der Waals surface area contributed by atoms with Gasteiger partial charge in [-0.3, -0.25) is 13.9 Å². The summed E-state index contributed by atoms with van der Waals surface area (Å²) in [6, 6.07) is 10.2. The second-order valence-electron chi connectivity index (χ2n) is 7.85. The predicted molar refractivity (Wildman–Crippen MR) is 128 cm³/mol. The first kappa shape index (κ1) is 19.9. The van der Waals surface area contributed by atoms with Crippen LogP contribution in [0.2, 0.25) is 0 Å². The van der Waals surface area contributed by atoms with Crippen molar-refractivity contribution in [2.45, 2.75) is 25.3 Å². The van der Waals surface area contributed by atoms with Crippen molar-refractivity contribution in [3.63, 3.8) is 0 Å². The van der Waals surface area contributed by atoms with Gasteiger partial charge in [0.1, 0.15) is 5.82 Å². The van der Waals surface area contributed by atoms with Gasteiger partial charge < -0.3 is 9.88 Å². The minimum atomic E-state index is -0.379. The molecule has 1 aliphatic rings. The first-order valence-electron chi connectivity index (χ1n) is 10.0. The molecule has 0 unspecified atom stereocenters. The van der Waals surface area contributed by atoms with Crippen LogP contribution in [0.15, 0.2) is 50.7 Å². The summed E-state index contributed by atoms with van der Waals surface area (Å²) in [4.78, 5) is 30.5. The lowest BCUT2D eigenvalue weighted by Gasteiger charge is -2.12. The lowest BCUT2D eigenvalue weighted by Crippen LogP contribution is -2.37. The molecule has 1 fully saturated rings. The van der Waals surface area contributed by atoms with Crippen molar-refractivity contribution in [1.82, 2.24) is 18.7 Å². The summed E-state index contributed by atoms with van der Waals surface area (Å²) >= 11 is 7.30. The molecule has 9 heteroatoms. The van der Waals surface area contributed by atoms with Gasteiger partial charge in [0.25, 0.3) is 5.56 Å². The van der Waals surface area contributed by atoms with E-state index in [4.69, 9.17) is 12.2 Å². The first-order chi connectivity index (χ1) is 14.9. The highest BCUT2D eigenvalue weighted by atomic mass is 32.1. The molecule has 1 N–H and O–H groups in total. The Morgan fingerprint density at radius 3 is 2.52 bits per heavy atom. The molecule has 0 atom stereocenters. The Labute approximate surface area is 187 Å². The van der Waals surface area contributed by atoms with Crippen molar-refractivity contribution < 1.29 is 0 Å². The van der Waals surface area contributed by atoms with Crippen LogP contribution in [0, 0.1) is 0 Å². The maximum atomic E-state index is 12.9. The summed E-state index contributed by atoms with van der Waals surface area (Å²) in [5, 5.41) is 7.45. The van der Waals surface area contributed by atoms with Crippen molar-refractivity contribution in [3.05, 3.63) is 67.8 Å². The summed E-state index contributed by atoms with van der Waals surface area (Å²) < 4.78 is 4.43. The van der Waals surface area contributed by atoms with Gasteiger partial charge in [-0.05, 0) is 52.9 Å². The van der Waals surface area contributed by atoms with E-state index in [1.807, 2.05) is 16.7 Å². The Bertz CT molecular complexity index is 1410. The molecule has 0 amide bonds. The molecule has 0 bridgehead atoms. The van der Waals surface area contributed by atoms with E-state index in [1.54, 1.807) is 18.4 Å². The Kier molecular flexibility index (Phi) is 4.86. The number of thiocarbonyl (C=S) groups is 1. The molecule has 31 heavy (non-hydrogen) atoms. The van der Waals surface area contributed by atoms with E-state index in [2.05, 4.69) is 39.3 Å². The molecular weight excluding hydrogens is 430 g/mol. The molecule has 3 aromatic heterocycles. The number of nitrogens with zero attached hydrogens (tertiary/aromatic N) is 4. The molecule has 1 aliphatic carbocycles. The van der Waals surface area contributed by atoms with Crippen LogP contribution in [-0.4, -0.2) is 23.7 Å². The topological polar surface area (TPSA) is 73.8 Å². The van der Waals surface area contributed by atoms with Gasteiger partial charge in [0, 0.05) is 25.7 Å². The average molecular weight is 452 g/mol. The zero-order valence-electron chi connectivity index (χ0n) is 17.2. The number of hydrogen-bond acceptors (Lipinski definition) is 5.